The topological polar surface area (TPSA) is 212 Å². The van der Waals surface area contributed by atoms with Crippen LogP contribution in [-0.4, -0.2) is 178 Å². The van der Waals surface area contributed by atoms with E-state index in [0.29, 0.717) is 38.2 Å². The third kappa shape index (κ3) is 13.6. The highest BCUT2D eigenvalue weighted by Crippen LogP contribution is 2.45. The van der Waals surface area contributed by atoms with Crippen molar-refractivity contribution in [1.29, 1.82) is 0 Å². The lowest BCUT2D eigenvalue weighted by atomic mass is 9.68. The van der Waals surface area contributed by atoms with Gasteiger partial charge in [0.25, 0.3) is 0 Å². The summed E-state index contributed by atoms with van der Waals surface area (Å²) in [5, 5.41) is 66.0. The second-order valence-corrected chi connectivity index (χ2v) is 21.2. The molecular formula is C48H84N4O12S. The Morgan fingerprint density at radius 2 is 1.69 bits per heavy atom. The fourth-order valence-electron chi connectivity index (χ4n) is 10.8. The zero-order valence-corrected chi connectivity index (χ0v) is 42.3. The van der Waals surface area contributed by atoms with E-state index in [-0.39, 0.29) is 43.4 Å². The van der Waals surface area contributed by atoms with Gasteiger partial charge in [-0.25, -0.2) is 4.79 Å². The highest BCUT2D eigenvalue weighted by molar-refractivity contribution is 7.98. The first-order valence-electron chi connectivity index (χ1n) is 23.6. The number of hydrogen-bond acceptors (Lipinski definition) is 15. The maximum Gasteiger partial charge on any atom is 0.319 e. The molecule has 374 valence electrons. The lowest BCUT2D eigenvalue weighted by Gasteiger charge is -2.51. The zero-order chi connectivity index (χ0) is 48.8. The first-order chi connectivity index (χ1) is 30.3. The van der Waals surface area contributed by atoms with E-state index in [1.165, 1.54) is 14.0 Å². The van der Waals surface area contributed by atoms with E-state index < -0.39 is 95.6 Å². The van der Waals surface area contributed by atoms with Crippen molar-refractivity contribution < 1.29 is 58.8 Å². The van der Waals surface area contributed by atoms with Crippen LogP contribution in [0.5, 0.6) is 0 Å². The third-order valence-electron chi connectivity index (χ3n) is 14.6. The molecule has 0 radical (unpaired) electrons. The van der Waals surface area contributed by atoms with Gasteiger partial charge in [0.1, 0.15) is 30.0 Å². The molecule has 0 aliphatic carbocycles. The standard InChI is InChI=1S/C48H84N4O12S/c1-15-37-48(10,59)40(54)31(6)52(21-17-20-49-45(57)50-33-18-16-19-34(23-33)65-14)26-27(2)24-46(8,58)42(64-44-39(53)35(51(11)12)22-28(3)61-44)29(4)38(30(5)43(56)63-37)36-25-47(9,60-13)41(55)32(7)62-36/h16,18-19,23,27-32,35-42,44,53-55,58-59H,15,17,20-22,24-26H2,1-14H3,(H2,49,50,57)/t27-,28-,29+,30-,31-,32+,35+,36?,37-,38+,39-,40-,41+,42-,44+,46-,47-,48-/m1/s1. The van der Waals surface area contributed by atoms with Crippen LogP contribution in [0, 0.1) is 23.7 Å². The number of methoxy groups -OCH3 is 1. The Morgan fingerprint density at radius 3 is 2.31 bits per heavy atom. The van der Waals surface area contributed by atoms with Gasteiger partial charge in [-0.3, -0.25) is 9.69 Å². The fourth-order valence-corrected chi connectivity index (χ4v) is 11.3. The Hall–Kier alpha value is -2.13. The predicted molar refractivity (Wildman–Crippen MR) is 252 cm³/mol. The number of carbonyl (C=O) groups excluding carboxylic acids is 2. The molecule has 4 rings (SSSR count). The van der Waals surface area contributed by atoms with E-state index in [4.69, 9.17) is 23.7 Å². The van der Waals surface area contributed by atoms with Gasteiger partial charge in [-0.2, -0.15) is 0 Å². The van der Waals surface area contributed by atoms with Gasteiger partial charge in [0.15, 0.2) is 6.29 Å². The van der Waals surface area contributed by atoms with Crippen molar-refractivity contribution in [3.05, 3.63) is 24.3 Å². The number of nitrogens with one attached hydrogen (secondary N) is 2. The molecule has 0 aromatic heterocycles. The van der Waals surface area contributed by atoms with E-state index in [9.17, 15) is 35.1 Å². The maximum atomic E-state index is 14.7. The number of cyclic esters (lactones) is 1. The number of rotatable bonds is 12. The average molecular weight is 941 g/mol. The van der Waals surface area contributed by atoms with Crippen LogP contribution in [0.2, 0.25) is 0 Å². The monoisotopic (exact) mass is 941 g/mol. The van der Waals surface area contributed by atoms with Gasteiger partial charge in [-0.1, -0.05) is 33.8 Å². The summed E-state index contributed by atoms with van der Waals surface area (Å²) in [7, 11) is 5.31. The molecule has 3 saturated heterocycles. The van der Waals surface area contributed by atoms with Gasteiger partial charge in [0.05, 0.1) is 41.5 Å². The van der Waals surface area contributed by atoms with Crippen LogP contribution in [0.15, 0.2) is 29.2 Å². The van der Waals surface area contributed by atoms with E-state index in [0.717, 1.165) is 4.90 Å². The lowest BCUT2D eigenvalue weighted by Crippen LogP contribution is -2.61. The molecule has 3 aliphatic rings. The van der Waals surface area contributed by atoms with Crippen molar-refractivity contribution in [2.75, 3.05) is 52.4 Å². The van der Waals surface area contributed by atoms with E-state index >= 15 is 0 Å². The number of ether oxygens (including phenoxy) is 5. The molecule has 1 aromatic rings. The number of aliphatic hydroxyl groups excluding tert-OH is 3. The average Bonchev–Trinajstić information content (AvgIpc) is 3.24. The normalized spacial score (nSPS) is 41.8. The number of anilines is 1. The van der Waals surface area contributed by atoms with E-state index in [1.807, 2.05) is 82.1 Å². The summed E-state index contributed by atoms with van der Waals surface area (Å²) >= 11 is 1.58. The summed E-state index contributed by atoms with van der Waals surface area (Å²) in [4.78, 5) is 32.5. The van der Waals surface area contributed by atoms with Crippen molar-refractivity contribution >= 4 is 29.4 Å². The number of benzene rings is 1. The van der Waals surface area contributed by atoms with Crippen molar-refractivity contribution in [1.82, 2.24) is 15.1 Å². The third-order valence-corrected chi connectivity index (χ3v) is 15.3. The molecule has 3 fully saturated rings. The Kier molecular flexibility index (Phi) is 20.0. The Balaban J connectivity index is 1.75. The second kappa shape index (κ2) is 23.5. The number of esters is 1. The zero-order valence-electron chi connectivity index (χ0n) is 41.5. The van der Waals surface area contributed by atoms with Crippen LogP contribution in [0.3, 0.4) is 0 Å². The SMILES string of the molecule is CC[C@H]1OC(=O)[C@H](C)[C@@H](C2C[C@@](C)(OC)[C@@H](O)[C@H](C)O2)[C@H](C)[C@@H](O[C@@H]2O[C@H](C)C[C@H](N(C)C)[C@H]2O)[C@](C)(O)C[C@@H](C)CN(CCCNC(=O)Nc2cccc(SC)c2)[C@H](C)[C@@H](O)[C@]1(C)O. The van der Waals surface area contributed by atoms with Gasteiger partial charge >= 0.3 is 12.0 Å². The minimum absolute atomic E-state index is 0.183. The first kappa shape index (κ1) is 55.5. The molecule has 0 bridgehead atoms. The van der Waals surface area contributed by atoms with Gasteiger partial charge in [0.2, 0.25) is 0 Å². The number of carbonyl (C=O) groups is 2. The summed E-state index contributed by atoms with van der Waals surface area (Å²) in [5.74, 6) is -3.22. The second-order valence-electron chi connectivity index (χ2n) is 20.3. The summed E-state index contributed by atoms with van der Waals surface area (Å²) in [5.41, 5.74) is -3.88. The Labute approximate surface area is 392 Å². The van der Waals surface area contributed by atoms with Crippen molar-refractivity contribution in [2.45, 2.75) is 190 Å². The molecule has 2 amide bonds. The quantitative estimate of drug-likeness (QED) is 0.0876. The molecule has 3 aliphatic heterocycles. The largest absolute Gasteiger partial charge is 0.459 e. The molecule has 17 heteroatoms. The van der Waals surface area contributed by atoms with Gasteiger partial charge < -0.3 is 64.8 Å². The number of urea groups is 1. The van der Waals surface area contributed by atoms with E-state index in [2.05, 4.69) is 10.6 Å². The first-order valence-corrected chi connectivity index (χ1v) is 24.8. The minimum atomic E-state index is -1.89. The molecule has 0 saturated carbocycles. The van der Waals surface area contributed by atoms with E-state index in [1.54, 1.807) is 46.4 Å². The molecule has 7 N–H and O–H groups in total. The van der Waals surface area contributed by atoms with Crippen LogP contribution >= 0.6 is 11.8 Å². The summed E-state index contributed by atoms with van der Waals surface area (Å²) in [6.45, 7) is 19.0. The molecule has 65 heavy (non-hydrogen) atoms. The number of aliphatic hydroxyl groups is 5. The molecule has 18 atom stereocenters. The molecule has 1 aromatic carbocycles. The van der Waals surface area contributed by atoms with Crippen molar-refractivity contribution in [2.24, 2.45) is 23.7 Å². The smallest absolute Gasteiger partial charge is 0.319 e. The summed E-state index contributed by atoms with van der Waals surface area (Å²) in [6, 6.07) is 6.25. The number of likely N-dealkylation sites (N-methyl/N-ethyl adjacent to an activating group) is 1. The summed E-state index contributed by atoms with van der Waals surface area (Å²) < 4.78 is 32.0. The van der Waals surface area contributed by atoms with Gasteiger partial charge in [0, 0.05) is 61.7 Å². The van der Waals surface area contributed by atoms with Crippen molar-refractivity contribution in [3.8, 4) is 0 Å². The van der Waals surface area contributed by atoms with Crippen LogP contribution in [0.1, 0.15) is 101 Å². The summed E-state index contributed by atoms with van der Waals surface area (Å²) in [6.07, 6.45) is -4.83. The van der Waals surface area contributed by atoms with Gasteiger partial charge in [-0.05, 0) is 118 Å². The Morgan fingerprint density at radius 1 is 1.02 bits per heavy atom. The molecular weight excluding hydrogens is 857 g/mol. The number of amides is 2. The maximum absolute atomic E-state index is 14.7. The van der Waals surface area contributed by atoms with Crippen LogP contribution in [-0.2, 0) is 28.5 Å². The molecule has 3 heterocycles. The number of thioether (sulfide) groups is 1. The molecule has 0 spiro atoms. The predicted octanol–water partition coefficient (Wildman–Crippen LogP) is 4.48. The van der Waals surface area contributed by atoms with Crippen LogP contribution in [0.4, 0.5) is 10.5 Å². The van der Waals surface area contributed by atoms with Crippen molar-refractivity contribution in [3.63, 3.8) is 0 Å². The number of nitrogens with zero attached hydrogens (tertiary/aromatic N) is 2. The molecule has 16 nitrogen and oxygen atoms in total. The highest BCUT2D eigenvalue weighted by atomic mass is 32.2. The fraction of sp³-hybridized carbons (Fsp3) is 0.833. The highest BCUT2D eigenvalue weighted by Gasteiger charge is 2.55. The minimum Gasteiger partial charge on any atom is -0.459 e. The molecule has 1 unspecified atom stereocenters. The van der Waals surface area contributed by atoms with Crippen LogP contribution in [0.25, 0.3) is 0 Å². The number of hydrogen-bond donors (Lipinski definition) is 7. The lowest BCUT2D eigenvalue weighted by molar-refractivity contribution is -0.302. The van der Waals surface area contributed by atoms with Gasteiger partial charge in [-0.15, -0.1) is 11.8 Å². The Bertz CT molecular complexity index is 1680. The van der Waals surface area contributed by atoms with Crippen LogP contribution < -0.4 is 10.6 Å².